The standard InChI is InChI=1S/C34H42F3N9O4/c1-4-50-32-23(15-22(17-40-32)34(35,36)37)24-16-26(44(2)20-33(21-49-3)8-6-9-33)29-31(41-24)43-30(42-29)25-18-39-27(19-38-25)46-13-11-45(12-14-46)10-5-7-28(47)48/h15-19H,4-14,20-21H2,1-3H3,(H,47,48)(H,41,42,43). The Morgan fingerprint density at radius 3 is 2.46 bits per heavy atom. The average Bonchev–Trinajstić information content (AvgIpc) is 3.51. The molecule has 1 saturated carbocycles. The molecule has 1 aliphatic heterocycles. The SMILES string of the molecule is CCOc1ncc(C(F)(F)F)cc1-c1cc(N(C)CC2(COC)CCC2)c2[nH]c(-c3cnc(N4CCN(CCCC(=O)O)CC4)cn3)nc2n1. The number of anilines is 2. The molecule has 1 aliphatic carbocycles. The Hall–Kier alpha value is -4.57. The number of methoxy groups -OCH3 is 1. The van der Waals surface area contributed by atoms with E-state index in [-0.39, 0.29) is 35.6 Å². The van der Waals surface area contributed by atoms with Crippen LogP contribution in [0, 0.1) is 5.41 Å². The maximum absolute atomic E-state index is 13.8. The molecule has 2 fully saturated rings. The molecular formula is C34H42F3N9O4. The predicted molar refractivity (Wildman–Crippen MR) is 181 cm³/mol. The molecule has 2 N–H and O–H groups in total. The summed E-state index contributed by atoms with van der Waals surface area (Å²) >= 11 is 0. The van der Waals surface area contributed by atoms with Crippen molar-refractivity contribution in [2.24, 2.45) is 5.41 Å². The van der Waals surface area contributed by atoms with Gasteiger partial charge in [0.15, 0.2) is 11.5 Å². The summed E-state index contributed by atoms with van der Waals surface area (Å²) in [5.41, 5.74) is 1.53. The number of piperazine rings is 1. The van der Waals surface area contributed by atoms with Gasteiger partial charge in [-0.15, -0.1) is 0 Å². The maximum Gasteiger partial charge on any atom is 0.417 e. The predicted octanol–water partition coefficient (Wildman–Crippen LogP) is 5.13. The number of hydrogen-bond donors (Lipinski definition) is 2. The maximum atomic E-state index is 13.8. The van der Waals surface area contributed by atoms with Gasteiger partial charge in [-0.05, 0) is 44.9 Å². The first kappa shape index (κ1) is 35.3. The Morgan fingerprint density at radius 1 is 1.06 bits per heavy atom. The number of carboxylic acids is 1. The Balaban J connectivity index is 1.32. The Bertz CT molecular complexity index is 1790. The highest BCUT2D eigenvalue weighted by Crippen LogP contribution is 2.44. The highest BCUT2D eigenvalue weighted by molar-refractivity contribution is 5.91. The van der Waals surface area contributed by atoms with E-state index in [0.717, 1.165) is 70.1 Å². The zero-order valence-corrected chi connectivity index (χ0v) is 28.5. The van der Waals surface area contributed by atoms with E-state index in [9.17, 15) is 18.0 Å². The van der Waals surface area contributed by atoms with Crippen LogP contribution >= 0.6 is 0 Å². The number of ether oxygens (including phenoxy) is 2. The van der Waals surface area contributed by atoms with E-state index in [1.165, 1.54) is 0 Å². The molecule has 0 aromatic carbocycles. The van der Waals surface area contributed by atoms with Crippen LogP contribution in [-0.4, -0.2) is 113 Å². The molecule has 6 rings (SSSR count). The molecule has 0 spiro atoms. The summed E-state index contributed by atoms with van der Waals surface area (Å²) in [5, 5.41) is 8.91. The monoisotopic (exact) mass is 697 g/mol. The lowest BCUT2D eigenvalue weighted by Crippen LogP contribution is -2.47. The van der Waals surface area contributed by atoms with Crippen LogP contribution < -0.4 is 14.5 Å². The summed E-state index contributed by atoms with van der Waals surface area (Å²) in [6, 6.07) is 2.77. The summed E-state index contributed by atoms with van der Waals surface area (Å²) in [6.07, 6.45) is 3.40. The zero-order valence-electron chi connectivity index (χ0n) is 28.5. The molecule has 50 heavy (non-hydrogen) atoms. The van der Waals surface area contributed by atoms with Crippen LogP contribution in [0.25, 0.3) is 33.9 Å². The minimum atomic E-state index is -4.60. The van der Waals surface area contributed by atoms with E-state index in [1.54, 1.807) is 32.5 Å². The van der Waals surface area contributed by atoms with Crippen LogP contribution in [0.2, 0.25) is 0 Å². The number of halogens is 3. The van der Waals surface area contributed by atoms with Crippen LogP contribution in [0.5, 0.6) is 5.88 Å². The molecule has 4 aromatic heterocycles. The minimum absolute atomic E-state index is 0.0401. The number of carboxylic acid groups (broad SMARTS) is 1. The lowest BCUT2D eigenvalue weighted by Gasteiger charge is -2.44. The van der Waals surface area contributed by atoms with Crippen LogP contribution in [0.3, 0.4) is 0 Å². The van der Waals surface area contributed by atoms with Gasteiger partial charge in [0.05, 0.1) is 48.1 Å². The van der Waals surface area contributed by atoms with E-state index in [4.69, 9.17) is 24.5 Å². The molecule has 1 saturated heterocycles. The van der Waals surface area contributed by atoms with Crippen molar-refractivity contribution in [3.63, 3.8) is 0 Å². The van der Waals surface area contributed by atoms with E-state index in [2.05, 4.69) is 34.6 Å². The van der Waals surface area contributed by atoms with Crippen LogP contribution in [0.15, 0.2) is 30.7 Å². The third-order valence-corrected chi connectivity index (χ3v) is 9.47. The molecule has 0 radical (unpaired) electrons. The van der Waals surface area contributed by atoms with Gasteiger partial charge in [-0.2, -0.15) is 13.2 Å². The number of hydrogen-bond acceptors (Lipinski definition) is 11. The number of pyridine rings is 2. The average molecular weight is 698 g/mol. The van der Waals surface area contributed by atoms with Crippen molar-refractivity contribution in [3.05, 3.63) is 36.3 Å². The topological polar surface area (TPSA) is 146 Å². The van der Waals surface area contributed by atoms with Crippen LogP contribution in [-0.2, 0) is 15.7 Å². The first-order valence-electron chi connectivity index (χ1n) is 16.8. The first-order chi connectivity index (χ1) is 24.0. The number of aromatic amines is 1. The number of aromatic nitrogens is 6. The molecule has 0 unspecified atom stereocenters. The number of alkyl halides is 3. The number of H-pyrrole nitrogens is 1. The smallest absolute Gasteiger partial charge is 0.417 e. The highest BCUT2D eigenvalue weighted by Gasteiger charge is 2.39. The second-order valence-corrected chi connectivity index (χ2v) is 13.0. The molecule has 0 amide bonds. The molecule has 0 atom stereocenters. The summed E-state index contributed by atoms with van der Waals surface area (Å²) < 4.78 is 52.7. The lowest BCUT2D eigenvalue weighted by molar-refractivity contribution is -0.138. The van der Waals surface area contributed by atoms with Crippen LogP contribution in [0.4, 0.5) is 24.7 Å². The summed E-state index contributed by atoms with van der Waals surface area (Å²) in [5.74, 6) is 0.411. The number of carbonyl (C=O) groups is 1. The fourth-order valence-electron chi connectivity index (χ4n) is 6.76. The molecule has 13 nitrogen and oxygen atoms in total. The van der Waals surface area contributed by atoms with Crippen molar-refractivity contribution in [3.8, 4) is 28.7 Å². The Morgan fingerprint density at radius 2 is 1.84 bits per heavy atom. The summed E-state index contributed by atoms with van der Waals surface area (Å²) in [6.45, 7) is 7.04. The third kappa shape index (κ3) is 7.75. The van der Waals surface area contributed by atoms with Gasteiger partial charge in [0.2, 0.25) is 5.88 Å². The van der Waals surface area contributed by atoms with Gasteiger partial charge in [0.25, 0.3) is 0 Å². The van der Waals surface area contributed by atoms with Gasteiger partial charge in [-0.3, -0.25) is 9.69 Å². The zero-order chi connectivity index (χ0) is 35.5. The van der Waals surface area contributed by atoms with Gasteiger partial charge in [-0.25, -0.2) is 24.9 Å². The van der Waals surface area contributed by atoms with Crippen molar-refractivity contribution in [2.75, 3.05) is 76.4 Å². The molecule has 0 bridgehead atoms. The van der Waals surface area contributed by atoms with Crippen molar-refractivity contribution in [1.29, 1.82) is 0 Å². The fourth-order valence-corrected chi connectivity index (χ4v) is 6.76. The fraction of sp³-hybridized carbons (Fsp3) is 0.529. The van der Waals surface area contributed by atoms with E-state index in [1.807, 2.05) is 7.05 Å². The summed E-state index contributed by atoms with van der Waals surface area (Å²) in [7, 11) is 3.64. The van der Waals surface area contributed by atoms with E-state index < -0.39 is 17.7 Å². The molecule has 5 heterocycles. The molecule has 16 heteroatoms. The van der Waals surface area contributed by atoms with Gasteiger partial charge in [-0.1, -0.05) is 6.42 Å². The minimum Gasteiger partial charge on any atom is -0.481 e. The number of nitrogens with zero attached hydrogens (tertiary/aromatic N) is 8. The van der Waals surface area contributed by atoms with E-state index >= 15 is 0 Å². The van der Waals surface area contributed by atoms with E-state index in [0.29, 0.717) is 47.9 Å². The number of rotatable bonds is 14. The van der Waals surface area contributed by atoms with Gasteiger partial charge < -0.3 is 29.4 Å². The van der Waals surface area contributed by atoms with Gasteiger partial charge in [0, 0.05) is 64.9 Å². The number of aliphatic carboxylic acids is 1. The largest absolute Gasteiger partial charge is 0.481 e. The first-order valence-corrected chi connectivity index (χ1v) is 16.8. The van der Waals surface area contributed by atoms with Crippen molar-refractivity contribution >= 4 is 28.6 Å². The normalized spacial score (nSPS) is 16.4. The quantitative estimate of drug-likeness (QED) is 0.180. The number of fused-ring (bicyclic) bond motifs is 1. The molecule has 4 aromatic rings. The lowest BCUT2D eigenvalue weighted by atomic mass is 9.69. The molecule has 268 valence electrons. The number of imidazole rings is 1. The number of nitrogens with one attached hydrogen (secondary N) is 1. The summed E-state index contributed by atoms with van der Waals surface area (Å²) in [4.78, 5) is 43.5. The molecule has 2 aliphatic rings. The third-order valence-electron chi connectivity index (χ3n) is 9.47. The molecular weight excluding hydrogens is 655 g/mol. The van der Waals surface area contributed by atoms with Gasteiger partial charge in [0.1, 0.15) is 17.0 Å². The second-order valence-electron chi connectivity index (χ2n) is 13.0. The second kappa shape index (κ2) is 14.7. The van der Waals surface area contributed by atoms with Crippen LogP contribution in [0.1, 0.15) is 44.6 Å². The van der Waals surface area contributed by atoms with Crippen molar-refractivity contribution in [1.82, 2.24) is 34.8 Å². The highest BCUT2D eigenvalue weighted by atomic mass is 19.4. The van der Waals surface area contributed by atoms with Crippen molar-refractivity contribution < 1.29 is 32.5 Å². The Kier molecular flexibility index (Phi) is 10.4. The van der Waals surface area contributed by atoms with Gasteiger partial charge >= 0.3 is 12.1 Å². The van der Waals surface area contributed by atoms with Crippen molar-refractivity contribution in [2.45, 2.75) is 45.2 Å². The Labute approximate surface area is 287 Å².